The molecule has 46 heavy (non-hydrogen) atoms. The Hall–Kier alpha value is -4.70. The molecule has 0 spiro atoms. The predicted molar refractivity (Wildman–Crippen MR) is 185 cm³/mol. The Bertz CT molecular complexity index is 1680. The number of benzene rings is 3. The first-order valence-electron chi connectivity index (χ1n) is 15.1. The lowest BCUT2D eigenvalue weighted by Crippen LogP contribution is -2.38. The molecule has 3 aromatic carbocycles. The van der Waals surface area contributed by atoms with Gasteiger partial charge in [0.2, 0.25) is 0 Å². The number of nitrogens with zero attached hydrogens (tertiary/aromatic N) is 2. The highest BCUT2D eigenvalue weighted by molar-refractivity contribution is 7.13. The van der Waals surface area contributed by atoms with E-state index in [2.05, 4.69) is 15.6 Å². The molecule has 242 valence electrons. The Labute approximate surface area is 275 Å². The molecule has 0 unspecified atom stereocenters. The van der Waals surface area contributed by atoms with Crippen molar-refractivity contribution >= 4 is 45.9 Å². The zero-order valence-electron chi connectivity index (χ0n) is 27.7. The van der Waals surface area contributed by atoms with Gasteiger partial charge in [0.1, 0.15) is 11.2 Å². The summed E-state index contributed by atoms with van der Waals surface area (Å²) in [7, 11) is 0. The molecule has 0 atom stereocenters. The van der Waals surface area contributed by atoms with Gasteiger partial charge in [-0.3, -0.25) is 15.0 Å². The largest absolute Gasteiger partial charge is 0.444 e. The van der Waals surface area contributed by atoms with Crippen LogP contribution in [0.5, 0.6) is 0 Å². The van der Waals surface area contributed by atoms with Gasteiger partial charge in [0.15, 0.2) is 5.13 Å². The number of thiazole rings is 1. The van der Waals surface area contributed by atoms with Crippen LogP contribution in [-0.4, -0.2) is 40.8 Å². The number of hydrogen-bond acceptors (Lipinski definition) is 7. The van der Waals surface area contributed by atoms with Crippen molar-refractivity contribution in [2.75, 3.05) is 22.1 Å². The van der Waals surface area contributed by atoms with Gasteiger partial charge in [-0.15, -0.1) is 11.3 Å². The number of aromatic nitrogens is 1. The number of carbonyl (C=O) groups is 3. The van der Waals surface area contributed by atoms with Crippen molar-refractivity contribution in [1.29, 1.82) is 0 Å². The summed E-state index contributed by atoms with van der Waals surface area (Å²) in [5.41, 5.74) is 5.18. The summed E-state index contributed by atoms with van der Waals surface area (Å²) in [6.07, 6.45) is -0.668. The van der Waals surface area contributed by atoms with Crippen LogP contribution >= 0.6 is 11.3 Å². The van der Waals surface area contributed by atoms with Crippen LogP contribution in [0, 0.1) is 13.8 Å². The summed E-state index contributed by atoms with van der Waals surface area (Å²) < 4.78 is 11.0. The Balaban J connectivity index is 1.48. The second kappa shape index (κ2) is 14.2. The number of ether oxygens (including phenoxy) is 2. The topological polar surface area (TPSA) is 110 Å². The molecule has 0 aliphatic rings. The summed E-state index contributed by atoms with van der Waals surface area (Å²) in [6.45, 7) is 15.1. The van der Waals surface area contributed by atoms with E-state index in [0.717, 1.165) is 22.3 Å². The molecule has 0 aliphatic carbocycles. The van der Waals surface area contributed by atoms with Gasteiger partial charge >= 0.3 is 12.2 Å². The molecule has 0 radical (unpaired) electrons. The van der Waals surface area contributed by atoms with Crippen LogP contribution in [0.1, 0.15) is 68.7 Å². The number of nitrogens with one attached hydrogen (secondary N) is 2. The summed E-state index contributed by atoms with van der Waals surface area (Å²) in [6, 6.07) is 20.9. The molecule has 1 aromatic heterocycles. The van der Waals surface area contributed by atoms with E-state index in [1.807, 2.05) is 82.5 Å². The van der Waals surface area contributed by atoms with Gasteiger partial charge < -0.3 is 14.8 Å². The number of amides is 3. The third-order valence-electron chi connectivity index (χ3n) is 6.58. The summed E-state index contributed by atoms with van der Waals surface area (Å²) >= 11 is 1.28. The van der Waals surface area contributed by atoms with Crippen LogP contribution in [0.3, 0.4) is 0 Å². The zero-order valence-corrected chi connectivity index (χ0v) is 28.5. The maximum absolute atomic E-state index is 13.4. The second-order valence-corrected chi connectivity index (χ2v) is 13.9. The summed E-state index contributed by atoms with van der Waals surface area (Å²) in [5.74, 6) is -0.230. The van der Waals surface area contributed by atoms with Gasteiger partial charge in [-0.1, -0.05) is 47.5 Å². The molecule has 4 rings (SSSR count). The van der Waals surface area contributed by atoms with Gasteiger partial charge in [-0.2, -0.15) is 0 Å². The third kappa shape index (κ3) is 9.90. The molecule has 0 saturated heterocycles. The molecule has 0 saturated carbocycles. The minimum Gasteiger partial charge on any atom is -0.444 e. The average molecular weight is 643 g/mol. The van der Waals surface area contributed by atoms with Crippen molar-refractivity contribution in [2.45, 2.75) is 73.0 Å². The lowest BCUT2D eigenvalue weighted by molar-refractivity contribution is 0.0578. The van der Waals surface area contributed by atoms with E-state index < -0.39 is 23.4 Å². The number of rotatable bonds is 8. The quantitative estimate of drug-likeness (QED) is 0.199. The van der Waals surface area contributed by atoms with E-state index >= 15 is 0 Å². The predicted octanol–water partition coefficient (Wildman–Crippen LogP) is 9.01. The van der Waals surface area contributed by atoms with Crippen LogP contribution in [0.2, 0.25) is 0 Å². The first-order chi connectivity index (χ1) is 21.6. The Morgan fingerprint density at radius 2 is 1.43 bits per heavy atom. The molecule has 1 heterocycles. The molecule has 2 N–H and O–H groups in total. The summed E-state index contributed by atoms with van der Waals surface area (Å²) in [5, 5.41) is 7.88. The minimum absolute atomic E-state index is 0.230. The fourth-order valence-corrected chi connectivity index (χ4v) is 5.22. The van der Waals surface area contributed by atoms with Crippen molar-refractivity contribution in [2.24, 2.45) is 0 Å². The molecule has 0 aliphatic heterocycles. The second-order valence-electron chi connectivity index (χ2n) is 13.1. The van der Waals surface area contributed by atoms with Gasteiger partial charge in [0, 0.05) is 35.3 Å². The first kappa shape index (κ1) is 34.2. The maximum Gasteiger partial charge on any atom is 0.414 e. The van der Waals surface area contributed by atoms with Gasteiger partial charge in [0.25, 0.3) is 5.91 Å². The first-order valence-corrected chi connectivity index (χ1v) is 16.0. The Morgan fingerprint density at radius 3 is 2.07 bits per heavy atom. The number of hydrogen-bond donors (Lipinski definition) is 2. The molecule has 9 nitrogen and oxygen atoms in total. The monoisotopic (exact) mass is 642 g/mol. The highest BCUT2D eigenvalue weighted by Gasteiger charge is 2.24. The molecule has 10 heteroatoms. The van der Waals surface area contributed by atoms with E-state index in [0.29, 0.717) is 34.2 Å². The minimum atomic E-state index is -0.697. The van der Waals surface area contributed by atoms with Crippen LogP contribution in [0.4, 0.5) is 26.1 Å². The van der Waals surface area contributed by atoms with Crippen LogP contribution in [0.15, 0.2) is 72.1 Å². The van der Waals surface area contributed by atoms with E-state index in [4.69, 9.17) is 9.47 Å². The highest BCUT2D eigenvalue weighted by atomic mass is 32.1. The fourth-order valence-electron chi connectivity index (χ4n) is 4.49. The average Bonchev–Trinajstić information content (AvgIpc) is 3.39. The lowest BCUT2D eigenvalue weighted by Gasteiger charge is -2.27. The third-order valence-corrected chi connectivity index (χ3v) is 7.39. The van der Waals surface area contributed by atoms with E-state index in [1.165, 1.54) is 16.2 Å². The number of aryl methyl sites for hydroxylation is 2. The molecule has 0 bridgehead atoms. The fraction of sp³-hybridized carbons (Fsp3) is 0.333. The molecule has 3 amide bonds. The van der Waals surface area contributed by atoms with Gasteiger partial charge in [-0.05, 0) is 96.8 Å². The standard InChI is InChI=1S/C36H42N4O5S/c1-23-9-12-25(13-10-23)30-21-24(2)11-18-29(30)31(41)37-26-14-16-28(17-15-26)40(34(43)45-36(6,7)8)20-19-27-22-46-32(38-27)39-33(42)44-35(3,4)5/h9-18,21-22H,19-20H2,1-8H3,(H,37,41)(H,38,39,42). The van der Waals surface area contributed by atoms with Crippen molar-refractivity contribution in [3.63, 3.8) is 0 Å². The van der Waals surface area contributed by atoms with Crippen LogP contribution in [-0.2, 0) is 15.9 Å². The SMILES string of the molecule is Cc1ccc(-c2cc(C)ccc2C(=O)Nc2ccc(N(CCc3csc(NC(=O)OC(C)(C)C)n3)C(=O)OC(C)(C)C)cc2)cc1. The molecular formula is C36H42N4O5S. The Kier molecular flexibility index (Phi) is 10.5. The van der Waals surface area contributed by atoms with Gasteiger partial charge in [0.05, 0.1) is 5.69 Å². The number of carbonyl (C=O) groups excluding carboxylic acids is 3. The van der Waals surface area contributed by atoms with E-state index in [9.17, 15) is 14.4 Å². The molecule has 0 fully saturated rings. The number of anilines is 3. The van der Waals surface area contributed by atoms with E-state index in [-0.39, 0.29) is 12.5 Å². The van der Waals surface area contributed by atoms with E-state index in [1.54, 1.807) is 45.0 Å². The smallest absolute Gasteiger partial charge is 0.414 e. The lowest BCUT2D eigenvalue weighted by atomic mass is 9.96. The van der Waals surface area contributed by atoms with Crippen molar-refractivity contribution in [3.8, 4) is 11.1 Å². The highest BCUT2D eigenvalue weighted by Crippen LogP contribution is 2.28. The molecular weight excluding hydrogens is 600 g/mol. The van der Waals surface area contributed by atoms with Crippen LogP contribution in [0.25, 0.3) is 11.1 Å². The van der Waals surface area contributed by atoms with Crippen molar-refractivity contribution < 1.29 is 23.9 Å². The van der Waals surface area contributed by atoms with Crippen molar-refractivity contribution in [3.05, 3.63) is 94.5 Å². The zero-order chi connectivity index (χ0) is 33.6. The van der Waals surface area contributed by atoms with Gasteiger partial charge in [-0.25, -0.2) is 14.6 Å². The molecule has 4 aromatic rings. The summed E-state index contributed by atoms with van der Waals surface area (Å²) in [4.78, 5) is 44.8. The van der Waals surface area contributed by atoms with Crippen LogP contribution < -0.4 is 15.5 Å². The normalized spacial score (nSPS) is 11.5. The maximum atomic E-state index is 13.4. The van der Waals surface area contributed by atoms with Crippen molar-refractivity contribution in [1.82, 2.24) is 4.98 Å². The Morgan fingerprint density at radius 1 is 0.804 bits per heavy atom.